The van der Waals surface area contributed by atoms with Crippen molar-refractivity contribution in [3.05, 3.63) is 92.7 Å². The number of hydrogen-bond donors (Lipinski definition) is 0. The fraction of sp³-hybridized carbons (Fsp3) is 0.0833. The summed E-state index contributed by atoms with van der Waals surface area (Å²) in [5.41, 5.74) is 5.08. The number of aryl methyl sites for hydroxylation is 2. The van der Waals surface area contributed by atoms with Crippen LogP contribution in [0.15, 0.2) is 60.7 Å². The summed E-state index contributed by atoms with van der Waals surface area (Å²) in [6, 6.07) is 21.8. The maximum absolute atomic E-state index is 2.29. The lowest BCUT2D eigenvalue weighted by Gasteiger charge is -1.94. The Morgan fingerprint density at radius 2 is 0.923 bits per heavy atom. The van der Waals surface area contributed by atoms with E-state index in [1.165, 1.54) is 41.4 Å². The molecule has 0 unspecified atom stereocenters. The molecule has 0 aliphatic carbocycles. The van der Waals surface area contributed by atoms with Crippen LogP contribution in [0.2, 0.25) is 0 Å². The first kappa shape index (κ1) is 17.0. The SMILES string of the molecule is Cc1ccc(C=Cc2cc3sc(C=Cc4ccc(C)cc4)cc3s2)cc1. The summed E-state index contributed by atoms with van der Waals surface area (Å²) in [5.74, 6) is 0. The normalized spacial score (nSPS) is 11.9. The van der Waals surface area contributed by atoms with Crippen molar-refractivity contribution >= 4 is 56.4 Å². The van der Waals surface area contributed by atoms with Gasteiger partial charge in [-0.1, -0.05) is 71.8 Å². The van der Waals surface area contributed by atoms with Gasteiger partial charge in [-0.25, -0.2) is 0 Å². The molecule has 0 bridgehead atoms. The zero-order valence-electron chi connectivity index (χ0n) is 14.9. The molecule has 4 rings (SSSR count). The van der Waals surface area contributed by atoms with Crippen molar-refractivity contribution in [1.82, 2.24) is 0 Å². The van der Waals surface area contributed by atoms with Crippen molar-refractivity contribution in [2.45, 2.75) is 13.8 Å². The summed E-state index contributed by atoms with van der Waals surface area (Å²) in [6.45, 7) is 4.23. The number of thiophene rings is 2. The largest absolute Gasteiger partial charge is 0.135 e. The Kier molecular flexibility index (Phi) is 4.87. The van der Waals surface area contributed by atoms with Crippen LogP contribution in [0.3, 0.4) is 0 Å². The van der Waals surface area contributed by atoms with E-state index >= 15 is 0 Å². The Labute approximate surface area is 162 Å². The molecule has 0 saturated carbocycles. The average molecular weight is 373 g/mol. The minimum absolute atomic E-state index is 1.24. The topological polar surface area (TPSA) is 0 Å². The van der Waals surface area contributed by atoms with Gasteiger partial charge in [-0.05, 0) is 49.3 Å². The van der Waals surface area contributed by atoms with E-state index in [2.05, 4.69) is 98.8 Å². The minimum atomic E-state index is 1.24. The van der Waals surface area contributed by atoms with E-state index in [-0.39, 0.29) is 0 Å². The van der Waals surface area contributed by atoms with Crippen LogP contribution in [0, 0.1) is 13.8 Å². The Hall–Kier alpha value is -2.42. The summed E-state index contributed by atoms with van der Waals surface area (Å²) >= 11 is 3.71. The standard InChI is InChI=1S/C24H20S2/c1-17-3-7-19(8-4-17)11-13-21-15-23-24(25-21)16-22(26-23)14-12-20-9-5-18(2)6-10-20/h3-16H,1-2H3. The lowest BCUT2D eigenvalue weighted by molar-refractivity contribution is 1.46. The Morgan fingerprint density at radius 3 is 1.31 bits per heavy atom. The van der Waals surface area contributed by atoms with Crippen molar-refractivity contribution in [3.8, 4) is 0 Å². The van der Waals surface area contributed by atoms with Gasteiger partial charge in [0.15, 0.2) is 0 Å². The highest BCUT2D eigenvalue weighted by molar-refractivity contribution is 7.28. The minimum Gasteiger partial charge on any atom is -0.135 e. The van der Waals surface area contributed by atoms with Crippen LogP contribution in [-0.2, 0) is 0 Å². The maximum atomic E-state index is 2.29. The predicted octanol–water partition coefficient (Wildman–Crippen LogP) is 7.92. The number of rotatable bonds is 4. The zero-order chi connectivity index (χ0) is 17.9. The first-order valence-electron chi connectivity index (χ1n) is 8.69. The molecule has 2 aromatic heterocycles. The van der Waals surface area contributed by atoms with E-state index in [0.29, 0.717) is 0 Å². The van der Waals surface area contributed by atoms with Crippen LogP contribution >= 0.6 is 22.7 Å². The second kappa shape index (κ2) is 7.45. The third kappa shape index (κ3) is 4.04. The molecule has 4 aromatic rings. The Balaban J connectivity index is 1.50. The molecule has 0 radical (unpaired) electrons. The monoisotopic (exact) mass is 372 g/mol. The molecule has 0 nitrogen and oxygen atoms in total. The second-order valence-electron chi connectivity index (χ2n) is 6.51. The first-order valence-corrected chi connectivity index (χ1v) is 10.3. The van der Waals surface area contributed by atoms with Crippen molar-refractivity contribution < 1.29 is 0 Å². The molecule has 2 heterocycles. The molecule has 0 saturated heterocycles. The van der Waals surface area contributed by atoms with Crippen LogP contribution < -0.4 is 0 Å². The summed E-state index contributed by atoms with van der Waals surface area (Å²) in [4.78, 5) is 2.61. The molecule has 128 valence electrons. The van der Waals surface area contributed by atoms with Gasteiger partial charge in [0.2, 0.25) is 0 Å². The van der Waals surface area contributed by atoms with Crippen molar-refractivity contribution in [1.29, 1.82) is 0 Å². The smallest absolute Gasteiger partial charge is 0.0463 e. The summed E-state index contributed by atoms with van der Waals surface area (Å²) in [6.07, 6.45) is 8.80. The molecule has 0 aliphatic heterocycles. The van der Waals surface area contributed by atoms with Gasteiger partial charge in [-0.2, -0.15) is 0 Å². The van der Waals surface area contributed by atoms with Crippen molar-refractivity contribution in [2.24, 2.45) is 0 Å². The van der Waals surface area contributed by atoms with Gasteiger partial charge < -0.3 is 0 Å². The fourth-order valence-corrected chi connectivity index (χ4v) is 4.97. The molecule has 0 aliphatic rings. The number of hydrogen-bond acceptors (Lipinski definition) is 2. The van der Waals surface area contributed by atoms with E-state index in [1.807, 2.05) is 22.7 Å². The molecule has 0 N–H and O–H groups in total. The maximum Gasteiger partial charge on any atom is 0.0463 e. The van der Waals surface area contributed by atoms with Gasteiger partial charge in [0.1, 0.15) is 0 Å². The molecule has 0 spiro atoms. The van der Waals surface area contributed by atoms with Gasteiger partial charge >= 0.3 is 0 Å². The van der Waals surface area contributed by atoms with Gasteiger partial charge in [0.05, 0.1) is 0 Å². The summed E-state index contributed by atoms with van der Waals surface area (Å²) in [5, 5.41) is 0. The molecule has 2 heteroatoms. The molecule has 0 atom stereocenters. The first-order chi connectivity index (χ1) is 12.7. The van der Waals surface area contributed by atoms with Crippen LogP contribution in [0.1, 0.15) is 32.0 Å². The Morgan fingerprint density at radius 1 is 0.538 bits per heavy atom. The quantitative estimate of drug-likeness (QED) is 0.341. The van der Waals surface area contributed by atoms with Crippen LogP contribution in [0.5, 0.6) is 0 Å². The van der Waals surface area contributed by atoms with E-state index < -0.39 is 0 Å². The lowest BCUT2D eigenvalue weighted by Crippen LogP contribution is -1.72. The van der Waals surface area contributed by atoms with Gasteiger partial charge in [-0.15, -0.1) is 22.7 Å². The fourth-order valence-electron chi connectivity index (χ4n) is 2.75. The van der Waals surface area contributed by atoms with E-state index in [9.17, 15) is 0 Å². The molecule has 26 heavy (non-hydrogen) atoms. The molecular weight excluding hydrogens is 352 g/mol. The van der Waals surface area contributed by atoms with Crippen molar-refractivity contribution in [3.63, 3.8) is 0 Å². The molecule has 0 fully saturated rings. The van der Waals surface area contributed by atoms with Crippen LogP contribution in [0.25, 0.3) is 33.7 Å². The van der Waals surface area contributed by atoms with Gasteiger partial charge in [0.25, 0.3) is 0 Å². The highest BCUT2D eigenvalue weighted by atomic mass is 32.1. The zero-order valence-corrected chi connectivity index (χ0v) is 16.5. The summed E-state index contributed by atoms with van der Waals surface area (Å²) in [7, 11) is 0. The molecule has 0 amide bonds. The number of benzene rings is 2. The summed E-state index contributed by atoms with van der Waals surface area (Å²) < 4.78 is 2.73. The van der Waals surface area contributed by atoms with Crippen LogP contribution in [0.4, 0.5) is 0 Å². The Bertz CT molecular complexity index is 955. The van der Waals surface area contributed by atoms with E-state index in [1.54, 1.807) is 0 Å². The van der Waals surface area contributed by atoms with Crippen LogP contribution in [-0.4, -0.2) is 0 Å². The molecular formula is C24H20S2. The van der Waals surface area contributed by atoms with E-state index in [0.717, 1.165) is 0 Å². The lowest BCUT2D eigenvalue weighted by atomic mass is 10.1. The number of fused-ring (bicyclic) bond motifs is 1. The highest BCUT2D eigenvalue weighted by Gasteiger charge is 2.04. The predicted molar refractivity (Wildman–Crippen MR) is 120 cm³/mol. The van der Waals surface area contributed by atoms with Gasteiger partial charge in [-0.3, -0.25) is 0 Å². The van der Waals surface area contributed by atoms with Gasteiger partial charge in [0, 0.05) is 19.2 Å². The average Bonchev–Trinajstić information content (AvgIpc) is 3.19. The second-order valence-corrected chi connectivity index (χ2v) is 8.74. The van der Waals surface area contributed by atoms with Crippen molar-refractivity contribution in [2.75, 3.05) is 0 Å². The third-order valence-corrected chi connectivity index (χ3v) is 6.50. The highest BCUT2D eigenvalue weighted by Crippen LogP contribution is 2.35. The molecule has 2 aromatic carbocycles. The van der Waals surface area contributed by atoms with E-state index in [4.69, 9.17) is 0 Å². The third-order valence-electron chi connectivity index (χ3n) is 4.28.